The van der Waals surface area contributed by atoms with E-state index in [1.54, 1.807) is 6.07 Å². The van der Waals surface area contributed by atoms with Crippen LogP contribution in [0, 0.1) is 17.7 Å². The van der Waals surface area contributed by atoms with Crippen molar-refractivity contribution in [3.63, 3.8) is 0 Å². The molecule has 3 heteroatoms. The molecule has 2 atom stereocenters. The Morgan fingerprint density at radius 3 is 2.89 bits per heavy atom. The van der Waals surface area contributed by atoms with E-state index < -0.39 is 0 Å². The molecule has 104 valence electrons. The van der Waals surface area contributed by atoms with Crippen LogP contribution < -0.4 is 0 Å². The number of ketones is 1. The van der Waals surface area contributed by atoms with Crippen LogP contribution in [0.5, 0.6) is 0 Å². The molecule has 1 aliphatic rings. The van der Waals surface area contributed by atoms with Crippen molar-refractivity contribution in [1.29, 1.82) is 0 Å². The van der Waals surface area contributed by atoms with Gasteiger partial charge in [0, 0.05) is 10.8 Å². The van der Waals surface area contributed by atoms with Crippen molar-refractivity contribution in [2.75, 3.05) is 5.75 Å². The van der Waals surface area contributed by atoms with Crippen molar-refractivity contribution < 1.29 is 9.18 Å². The van der Waals surface area contributed by atoms with Crippen molar-refractivity contribution >= 4 is 17.5 Å². The molecule has 1 nitrogen and oxygen atoms in total. The minimum Gasteiger partial charge on any atom is -0.298 e. The van der Waals surface area contributed by atoms with Crippen molar-refractivity contribution in [3.05, 3.63) is 30.1 Å². The maximum atomic E-state index is 13.1. The molecule has 0 spiro atoms. The van der Waals surface area contributed by atoms with Gasteiger partial charge < -0.3 is 0 Å². The monoisotopic (exact) mass is 280 g/mol. The summed E-state index contributed by atoms with van der Waals surface area (Å²) in [5.41, 5.74) is 0. The summed E-state index contributed by atoms with van der Waals surface area (Å²) >= 11 is 1.46. The molecule has 0 saturated heterocycles. The highest BCUT2D eigenvalue weighted by molar-refractivity contribution is 8.00. The van der Waals surface area contributed by atoms with Crippen LogP contribution in [0.2, 0.25) is 0 Å². The van der Waals surface area contributed by atoms with E-state index in [-0.39, 0.29) is 11.7 Å². The molecule has 2 rings (SSSR count). The molecule has 1 aromatic carbocycles. The molecule has 1 aromatic rings. The predicted octanol–water partition coefficient (Wildman–Crippen LogP) is 4.70. The summed E-state index contributed by atoms with van der Waals surface area (Å²) < 4.78 is 13.1. The van der Waals surface area contributed by atoms with Gasteiger partial charge in [0.05, 0.1) is 5.75 Å². The summed E-state index contributed by atoms with van der Waals surface area (Å²) in [7, 11) is 0. The fourth-order valence-corrected chi connectivity index (χ4v) is 3.83. The van der Waals surface area contributed by atoms with Crippen molar-refractivity contribution in [3.8, 4) is 0 Å². The number of hydrogen-bond acceptors (Lipinski definition) is 2. The van der Waals surface area contributed by atoms with Gasteiger partial charge in [-0.1, -0.05) is 32.3 Å². The number of carbonyl (C=O) groups is 1. The predicted molar refractivity (Wildman–Crippen MR) is 77.9 cm³/mol. The smallest absolute Gasteiger partial charge is 0.146 e. The van der Waals surface area contributed by atoms with Crippen molar-refractivity contribution in [1.82, 2.24) is 0 Å². The molecular formula is C16H21FOS. The molecule has 0 N–H and O–H groups in total. The zero-order chi connectivity index (χ0) is 13.7. The summed E-state index contributed by atoms with van der Waals surface area (Å²) in [5, 5.41) is 0. The zero-order valence-corrected chi connectivity index (χ0v) is 12.2. The van der Waals surface area contributed by atoms with Crippen LogP contribution in [0.4, 0.5) is 4.39 Å². The molecule has 1 fully saturated rings. The Balaban J connectivity index is 1.89. The second-order valence-electron chi connectivity index (χ2n) is 5.27. The van der Waals surface area contributed by atoms with Crippen LogP contribution in [-0.2, 0) is 4.79 Å². The van der Waals surface area contributed by atoms with E-state index in [0.29, 0.717) is 17.5 Å². The quantitative estimate of drug-likeness (QED) is 0.727. The van der Waals surface area contributed by atoms with Crippen LogP contribution in [0.3, 0.4) is 0 Å². The van der Waals surface area contributed by atoms with Gasteiger partial charge in [-0.2, -0.15) is 0 Å². The van der Waals surface area contributed by atoms with E-state index in [0.717, 1.165) is 17.7 Å². The number of carbonyl (C=O) groups excluding carboxylic acids is 1. The van der Waals surface area contributed by atoms with Gasteiger partial charge in [-0.05, 0) is 37.0 Å². The molecular weight excluding hydrogens is 259 g/mol. The van der Waals surface area contributed by atoms with Gasteiger partial charge in [-0.15, -0.1) is 11.8 Å². The molecule has 0 aromatic heterocycles. The van der Waals surface area contributed by atoms with E-state index in [9.17, 15) is 9.18 Å². The number of thioether (sulfide) groups is 1. The standard InChI is InChI=1S/C16H21FOS/c1-2-12-6-3-4-9-15(12)16(18)11-19-14-8-5-7-13(17)10-14/h5,7-8,10,12,15H,2-4,6,9,11H2,1H3. The van der Waals surface area contributed by atoms with Crippen LogP contribution in [0.25, 0.3) is 0 Å². The average Bonchev–Trinajstić information content (AvgIpc) is 2.45. The third-order valence-corrected chi connectivity index (χ3v) is 5.04. The lowest BCUT2D eigenvalue weighted by molar-refractivity contribution is -0.123. The second kappa shape index (κ2) is 7.09. The molecule has 0 heterocycles. The Kier molecular flexibility index (Phi) is 5.44. The Labute approximate surface area is 119 Å². The van der Waals surface area contributed by atoms with Gasteiger partial charge >= 0.3 is 0 Å². The lowest BCUT2D eigenvalue weighted by atomic mass is 9.76. The first kappa shape index (κ1) is 14.6. The van der Waals surface area contributed by atoms with E-state index in [4.69, 9.17) is 0 Å². The Bertz CT molecular complexity index is 433. The van der Waals surface area contributed by atoms with E-state index in [2.05, 4.69) is 6.92 Å². The van der Waals surface area contributed by atoms with Crippen LogP contribution >= 0.6 is 11.8 Å². The van der Waals surface area contributed by atoms with E-state index in [1.165, 1.54) is 43.2 Å². The van der Waals surface area contributed by atoms with Gasteiger partial charge in [-0.3, -0.25) is 4.79 Å². The maximum absolute atomic E-state index is 13.1. The maximum Gasteiger partial charge on any atom is 0.146 e. The number of rotatable bonds is 5. The molecule has 19 heavy (non-hydrogen) atoms. The minimum atomic E-state index is -0.235. The third-order valence-electron chi connectivity index (χ3n) is 4.02. The first-order chi connectivity index (χ1) is 9.20. The third kappa shape index (κ3) is 4.07. The summed E-state index contributed by atoms with van der Waals surface area (Å²) in [6, 6.07) is 6.48. The summed E-state index contributed by atoms with van der Waals surface area (Å²) in [4.78, 5) is 13.2. The fourth-order valence-electron chi connectivity index (χ4n) is 2.94. The van der Waals surface area contributed by atoms with Crippen LogP contribution in [0.1, 0.15) is 39.0 Å². The lowest BCUT2D eigenvalue weighted by Crippen LogP contribution is -2.28. The highest BCUT2D eigenvalue weighted by Gasteiger charge is 2.29. The largest absolute Gasteiger partial charge is 0.298 e. The molecule has 2 unspecified atom stereocenters. The SMILES string of the molecule is CCC1CCCCC1C(=O)CSc1cccc(F)c1. The normalized spacial score (nSPS) is 23.3. The fraction of sp³-hybridized carbons (Fsp3) is 0.562. The van der Waals surface area contributed by atoms with Crippen LogP contribution in [-0.4, -0.2) is 11.5 Å². The number of benzene rings is 1. The Morgan fingerprint density at radius 2 is 2.16 bits per heavy atom. The van der Waals surface area contributed by atoms with Gasteiger partial charge in [0.25, 0.3) is 0 Å². The Morgan fingerprint density at radius 1 is 1.37 bits per heavy atom. The number of hydrogen-bond donors (Lipinski definition) is 0. The molecule has 0 amide bonds. The first-order valence-corrected chi connectivity index (χ1v) is 8.10. The molecule has 0 aliphatic heterocycles. The average molecular weight is 280 g/mol. The molecule has 1 aliphatic carbocycles. The first-order valence-electron chi connectivity index (χ1n) is 7.11. The van der Waals surface area contributed by atoms with E-state index in [1.807, 2.05) is 6.07 Å². The van der Waals surface area contributed by atoms with Crippen LogP contribution in [0.15, 0.2) is 29.2 Å². The summed E-state index contributed by atoms with van der Waals surface area (Å²) in [5.74, 6) is 1.39. The highest BCUT2D eigenvalue weighted by atomic mass is 32.2. The minimum absolute atomic E-state index is 0.235. The highest BCUT2D eigenvalue weighted by Crippen LogP contribution is 2.34. The summed E-state index contributed by atoms with van der Waals surface area (Å²) in [6.07, 6.45) is 5.77. The van der Waals surface area contributed by atoms with Gasteiger partial charge in [0.1, 0.15) is 11.6 Å². The number of Topliss-reactive ketones (excluding diaryl/α,β-unsaturated/α-hetero) is 1. The topological polar surface area (TPSA) is 17.1 Å². The van der Waals surface area contributed by atoms with Gasteiger partial charge in [0.2, 0.25) is 0 Å². The lowest BCUT2D eigenvalue weighted by Gasteiger charge is -2.29. The summed E-state index contributed by atoms with van der Waals surface area (Å²) in [6.45, 7) is 2.18. The van der Waals surface area contributed by atoms with Gasteiger partial charge in [0.15, 0.2) is 0 Å². The molecule has 0 bridgehead atoms. The Hall–Kier alpha value is -0.830. The number of halogens is 1. The molecule has 1 saturated carbocycles. The van der Waals surface area contributed by atoms with Crippen molar-refractivity contribution in [2.45, 2.75) is 43.9 Å². The van der Waals surface area contributed by atoms with E-state index >= 15 is 0 Å². The zero-order valence-electron chi connectivity index (χ0n) is 11.4. The molecule has 0 radical (unpaired) electrons. The second-order valence-corrected chi connectivity index (χ2v) is 6.32. The van der Waals surface area contributed by atoms with Crippen molar-refractivity contribution in [2.24, 2.45) is 11.8 Å². The van der Waals surface area contributed by atoms with Gasteiger partial charge in [-0.25, -0.2) is 4.39 Å².